The number of rotatable bonds is 6. The van der Waals surface area contributed by atoms with Gasteiger partial charge in [0.05, 0.1) is 18.6 Å². The summed E-state index contributed by atoms with van der Waals surface area (Å²) < 4.78 is 9.70. The number of halogens is 1. The van der Waals surface area contributed by atoms with E-state index in [0.29, 0.717) is 22.0 Å². The third-order valence-corrected chi connectivity index (χ3v) is 4.75. The van der Waals surface area contributed by atoms with Gasteiger partial charge < -0.3 is 19.7 Å². The Hall–Kier alpha value is -3.39. The highest BCUT2D eigenvalue weighted by Gasteiger charge is 2.36. The van der Waals surface area contributed by atoms with Crippen LogP contribution in [0.5, 0.6) is 0 Å². The van der Waals surface area contributed by atoms with Crippen LogP contribution in [0.25, 0.3) is 0 Å². The molecule has 8 nitrogen and oxygen atoms in total. The molecule has 1 atom stereocenters. The fourth-order valence-electron chi connectivity index (χ4n) is 3.03. The van der Waals surface area contributed by atoms with Crippen LogP contribution in [-0.2, 0) is 23.9 Å². The molecule has 156 valence electrons. The molecule has 30 heavy (non-hydrogen) atoms. The molecule has 2 aromatic carbocycles. The maximum absolute atomic E-state index is 12.3. The summed E-state index contributed by atoms with van der Waals surface area (Å²) in [5.74, 6) is -2.54. The summed E-state index contributed by atoms with van der Waals surface area (Å²) >= 11 is 5.86. The molecule has 9 heteroatoms. The van der Waals surface area contributed by atoms with Crippen LogP contribution in [0.4, 0.5) is 11.4 Å². The number of amides is 2. The molecule has 2 amide bonds. The van der Waals surface area contributed by atoms with E-state index in [9.17, 15) is 19.2 Å². The average molecular weight is 431 g/mol. The molecular formula is C21H19ClN2O6. The summed E-state index contributed by atoms with van der Waals surface area (Å²) in [6.45, 7) is -0.338. The normalized spacial score (nSPS) is 15.6. The molecule has 1 saturated heterocycles. The Morgan fingerprint density at radius 1 is 1.17 bits per heavy atom. The number of hydrogen-bond acceptors (Lipinski definition) is 6. The minimum Gasteiger partial charge on any atom is -0.465 e. The Bertz CT molecular complexity index is 976. The molecule has 0 aromatic heterocycles. The third kappa shape index (κ3) is 5.15. The fourth-order valence-corrected chi connectivity index (χ4v) is 3.22. The monoisotopic (exact) mass is 430 g/mol. The molecular weight excluding hydrogens is 412 g/mol. The molecule has 1 aliphatic heterocycles. The number of ether oxygens (including phenoxy) is 2. The average Bonchev–Trinajstić information content (AvgIpc) is 3.13. The second kappa shape index (κ2) is 9.41. The molecule has 0 saturated carbocycles. The summed E-state index contributed by atoms with van der Waals surface area (Å²) in [7, 11) is 1.28. The summed E-state index contributed by atoms with van der Waals surface area (Å²) in [5, 5.41) is 3.04. The minimum absolute atomic E-state index is 0.0203. The van der Waals surface area contributed by atoms with Gasteiger partial charge in [0.2, 0.25) is 5.91 Å². The molecule has 0 unspecified atom stereocenters. The topological polar surface area (TPSA) is 102 Å². The van der Waals surface area contributed by atoms with Crippen molar-refractivity contribution in [2.75, 3.05) is 30.5 Å². The first-order valence-electron chi connectivity index (χ1n) is 9.08. The quantitative estimate of drug-likeness (QED) is 0.707. The predicted molar refractivity (Wildman–Crippen MR) is 109 cm³/mol. The largest absolute Gasteiger partial charge is 0.465 e. The highest BCUT2D eigenvalue weighted by atomic mass is 35.5. The van der Waals surface area contributed by atoms with Crippen molar-refractivity contribution in [2.24, 2.45) is 5.92 Å². The zero-order valence-corrected chi connectivity index (χ0v) is 16.8. The lowest BCUT2D eigenvalue weighted by atomic mass is 10.1. The van der Waals surface area contributed by atoms with Crippen molar-refractivity contribution >= 4 is 46.7 Å². The van der Waals surface area contributed by atoms with Crippen molar-refractivity contribution in [3.8, 4) is 0 Å². The van der Waals surface area contributed by atoms with E-state index in [0.717, 1.165) is 0 Å². The molecule has 3 rings (SSSR count). The van der Waals surface area contributed by atoms with E-state index >= 15 is 0 Å². The maximum Gasteiger partial charge on any atom is 0.337 e. The lowest BCUT2D eigenvalue weighted by Crippen LogP contribution is -2.28. The van der Waals surface area contributed by atoms with Gasteiger partial charge in [-0.25, -0.2) is 4.79 Å². The van der Waals surface area contributed by atoms with E-state index in [-0.39, 0.29) is 18.9 Å². The number of esters is 2. The second-order valence-corrected chi connectivity index (χ2v) is 7.05. The number of nitrogens with zero attached hydrogens (tertiary/aromatic N) is 1. The smallest absolute Gasteiger partial charge is 0.337 e. The van der Waals surface area contributed by atoms with Gasteiger partial charge in [-0.1, -0.05) is 17.7 Å². The highest BCUT2D eigenvalue weighted by molar-refractivity contribution is 6.30. The number of nitrogens with one attached hydrogen (secondary N) is 1. The van der Waals surface area contributed by atoms with Crippen LogP contribution in [0.1, 0.15) is 16.8 Å². The molecule has 1 aliphatic rings. The number of anilines is 2. The lowest BCUT2D eigenvalue weighted by Gasteiger charge is -2.16. The molecule has 0 bridgehead atoms. The molecule has 1 heterocycles. The van der Waals surface area contributed by atoms with Crippen LogP contribution in [0.3, 0.4) is 0 Å². The van der Waals surface area contributed by atoms with Crippen LogP contribution in [0, 0.1) is 5.92 Å². The van der Waals surface area contributed by atoms with E-state index < -0.39 is 30.4 Å². The number of methoxy groups -OCH3 is 1. The van der Waals surface area contributed by atoms with Crippen LogP contribution in [0.2, 0.25) is 5.02 Å². The zero-order valence-electron chi connectivity index (χ0n) is 16.1. The first-order valence-corrected chi connectivity index (χ1v) is 9.46. The van der Waals surface area contributed by atoms with E-state index in [1.165, 1.54) is 12.0 Å². The van der Waals surface area contributed by atoms with Gasteiger partial charge in [-0.15, -0.1) is 0 Å². The second-order valence-electron chi connectivity index (χ2n) is 6.61. The Morgan fingerprint density at radius 2 is 1.90 bits per heavy atom. The summed E-state index contributed by atoms with van der Waals surface area (Å²) in [6, 6.07) is 12.9. The van der Waals surface area contributed by atoms with Crippen LogP contribution in [-0.4, -0.2) is 44.0 Å². The minimum atomic E-state index is -0.684. The maximum atomic E-state index is 12.3. The molecule has 1 fully saturated rings. The molecule has 2 aromatic rings. The highest BCUT2D eigenvalue weighted by Crippen LogP contribution is 2.26. The molecule has 1 N–H and O–H groups in total. The van der Waals surface area contributed by atoms with Crippen molar-refractivity contribution in [2.45, 2.75) is 6.42 Å². The van der Waals surface area contributed by atoms with Gasteiger partial charge in [0.15, 0.2) is 6.61 Å². The van der Waals surface area contributed by atoms with E-state index in [4.69, 9.17) is 16.3 Å². The van der Waals surface area contributed by atoms with Gasteiger partial charge in [-0.3, -0.25) is 14.4 Å². The van der Waals surface area contributed by atoms with Crippen LogP contribution >= 0.6 is 11.6 Å². The van der Waals surface area contributed by atoms with Gasteiger partial charge in [0, 0.05) is 29.4 Å². The summed E-state index contributed by atoms with van der Waals surface area (Å²) in [6.07, 6.45) is -0.0203. The number of hydrogen-bond donors (Lipinski definition) is 1. The third-order valence-electron chi connectivity index (χ3n) is 4.51. The van der Waals surface area contributed by atoms with Crippen LogP contribution in [0.15, 0.2) is 48.5 Å². The predicted octanol–water partition coefficient (Wildman–Crippen LogP) is 2.66. The van der Waals surface area contributed by atoms with Crippen molar-refractivity contribution in [3.05, 3.63) is 59.1 Å². The van der Waals surface area contributed by atoms with Gasteiger partial charge >= 0.3 is 11.9 Å². The standard InChI is InChI=1S/C21H19ClN2O6/c1-29-20(27)13-5-7-17(8-6-13)24-11-14(9-19(24)26)21(28)30-12-18(25)23-16-4-2-3-15(22)10-16/h2-8,10,14H,9,11-12H2,1H3,(H,23,25)/t14-/m0/s1. The Kier molecular flexibility index (Phi) is 6.68. The fraction of sp³-hybridized carbons (Fsp3) is 0.238. The van der Waals surface area contributed by atoms with Gasteiger partial charge in [0.1, 0.15) is 0 Å². The van der Waals surface area contributed by atoms with Gasteiger partial charge in [0.25, 0.3) is 5.91 Å². The number of carbonyl (C=O) groups excluding carboxylic acids is 4. The number of benzene rings is 2. The lowest BCUT2D eigenvalue weighted by molar-refractivity contribution is -0.151. The van der Waals surface area contributed by atoms with E-state index in [1.807, 2.05) is 0 Å². The Labute approximate surface area is 177 Å². The van der Waals surface area contributed by atoms with Crippen LogP contribution < -0.4 is 10.2 Å². The number of carbonyl (C=O) groups is 4. The Balaban J connectivity index is 1.53. The first kappa shape index (κ1) is 21.3. The summed E-state index contributed by atoms with van der Waals surface area (Å²) in [5.41, 5.74) is 1.40. The van der Waals surface area contributed by atoms with E-state index in [2.05, 4.69) is 10.1 Å². The summed E-state index contributed by atoms with van der Waals surface area (Å²) in [4.78, 5) is 49.5. The van der Waals surface area contributed by atoms with Crippen molar-refractivity contribution < 1.29 is 28.7 Å². The van der Waals surface area contributed by atoms with Gasteiger partial charge in [-0.05, 0) is 42.5 Å². The molecule has 0 spiro atoms. The molecule has 0 radical (unpaired) electrons. The zero-order chi connectivity index (χ0) is 21.7. The van der Waals surface area contributed by atoms with Gasteiger partial charge in [-0.2, -0.15) is 0 Å². The SMILES string of the molecule is COC(=O)c1ccc(N2C[C@@H](C(=O)OCC(=O)Nc3cccc(Cl)c3)CC2=O)cc1. The first-order chi connectivity index (χ1) is 14.4. The van der Waals surface area contributed by atoms with E-state index in [1.54, 1.807) is 48.5 Å². The van der Waals surface area contributed by atoms with Crippen molar-refractivity contribution in [1.82, 2.24) is 0 Å². The van der Waals surface area contributed by atoms with Crippen molar-refractivity contribution in [1.29, 1.82) is 0 Å². The van der Waals surface area contributed by atoms with Crippen molar-refractivity contribution in [3.63, 3.8) is 0 Å². The Morgan fingerprint density at radius 3 is 2.57 bits per heavy atom. The molecule has 0 aliphatic carbocycles.